The number of nitriles is 1. The fourth-order valence-electron chi connectivity index (χ4n) is 3.26. The van der Waals surface area contributed by atoms with E-state index >= 15 is 0 Å². The van der Waals surface area contributed by atoms with E-state index in [2.05, 4.69) is 11.1 Å². The molecule has 0 bridgehead atoms. The molecule has 140 valence electrons. The largest absolute Gasteiger partial charge is 0.507 e. The summed E-state index contributed by atoms with van der Waals surface area (Å²) in [5, 5.41) is 19.5. The number of aliphatic hydroxyl groups is 1. The Labute approximate surface area is 162 Å². The summed E-state index contributed by atoms with van der Waals surface area (Å²) in [7, 11) is 3.17. The molecule has 0 unspecified atom stereocenters. The van der Waals surface area contributed by atoms with Crippen LogP contribution >= 0.6 is 0 Å². The van der Waals surface area contributed by atoms with Crippen molar-refractivity contribution in [3.63, 3.8) is 0 Å². The highest BCUT2D eigenvalue weighted by atomic mass is 16.5. The van der Waals surface area contributed by atoms with Gasteiger partial charge in [-0.3, -0.25) is 4.99 Å². The molecule has 2 aliphatic rings. The number of rotatable bonds is 4. The highest BCUT2D eigenvalue weighted by Gasteiger charge is 2.30. The summed E-state index contributed by atoms with van der Waals surface area (Å²) < 4.78 is 10.8. The summed E-state index contributed by atoms with van der Waals surface area (Å²) in [6.07, 6.45) is 1.61. The van der Waals surface area contributed by atoms with Crippen LogP contribution in [0.2, 0.25) is 0 Å². The lowest BCUT2D eigenvalue weighted by Crippen LogP contribution is -2.36. The lowest BCUT2D eigenvalue weighted by Gasteiger charge is -2.26. The van der Waals surface area contributed by atoms with Gasteiger partial charge in [0.05, 0.1) is 38.1 Å². The monoisotopic (exact) mass is 374 g/mol. The van der Waals surface area contributed by atoms with Gasteiger partial charge in [-0.2, -0.15) is 5.26 Å². The SMILES string of the molecule is COc1cc2c(cc1OC)C1=NCCN1C(/C=C(\O)c1ccc(C#N)cc1)=N2. The van der Waals surface area contributed by atoms with Gasteiger partial charge >= 0.3 is 0 Å². The number of methoxy groups -OCH3 is 2. The number of benzene rings is 2. The third kappa shape index (κ3) is 2.95. The van der Waals surface area contributed by atoms with E-state index in [1.54, 1.807) is 50.6 Å². The fraction of sp³-hybridized carbons (Fsp3) is 0.190. The van der Waals surface area contributed by atoms with Crippen LogP contribution < -0.4 is 9.47 Å². The van der Waals surface area contributed by atoms with Crippen LogP contribution in [0.25, 0.3) is 5.76 Å². The van der Waals surface area contributed by atoms with Crippen molar-refractivity contribution in [3.05, 3.63) is 59.2 Å². The van der Waals surface area contributed by atoms with Crippen LogP contribution in [-0.4, -0.2) is 49.0 Å². The van der Waals surface area contributed by atoms with Crippen molar-refractivity contribution >= 4 is 23.1 Å². The first-order valence-electron chi connectivity index (χ1n) is 8.73. The minimum atomic E-state index is 0.0680. The molecule has 2 aromatic carbocycles. The molecule has 4 rings (SSSR count). The zero-order valence-corrected chi connectivity index (χ0v) is 15.5. The third-order valence-electron chi connectivity index (χ3n) is 4.67. The maximum atomic E-state index is 10.6. The summed E-state index contributed by atoms with van der Waals surface area (Å²) in [6, 6.07) is 12.5. The van der Waals surface area contributed by atoms with Gasteiger partial charge in [-0.15, -0.1) is 0 Å². The molecular weight excluding hydrogens is 356 g/mol. The van der Waals surface area contributed by atoms with Crippen LogP contribution in [0, 0.1) is 11.3 Å². The van der Waals surface area contributed by atoms with E-state index in [0.29, 0.717) is 47.2 Å². The van der Waals surface area contributed by atoms with Crippen LogP contribution in [-0.2, 0) is 0 Å². The molecule has 0 amide bonds. The summed E-state index contributed by atoms with van der Waals surface area (Å²) >= 11 is 0. The van der Waals surface area contributed by atoms with Crippen LogP contribution in [0.15, 0.2) is 52.5 Å². The molecule has 1 N–H and O–H groups in total. The summed E-state index contributed by atoms with van der Waals surface area (Å²) in [4.78, 5) is 11.3. The maximum Gasteiger partial charge on any atom is 0.162 e. The number of aliphatic imine (C=N–C) groups is 2. The van der Waals surface area contributed by atoms with Crippen molar-refractivity contribution in [1.29, 1.82) is 5.26 Å². The summed E-state index contributed by atoms with van der Waals surface area (Å²) in [5.74, 6) is 2.66. The molecule has 0 saturated heterocycles. The Hall–Kier alpha value is -3.79. The van der Waals surface area contributed by atoms with Gasteiger partial charge in [0, 0.05) is 29.8 Å². The Kier molecular flexibility index (Phi) is 4.45. The number of fused-ring (bicyclic) bond motifs is 3. The van der Waals surface area contributed by atoms with Crippen molar-refractivity contribution in [3.8, 4) is 17.6 Å². The normalized spacial score (nSPS) is 15.2. The number of ether oxygens (including phenoxy) is 2. The van der Waals surface area contributed by atoms with Crippen molar-refractivity contribution in [2.45, 2.75) is 0 Å². The van der Waals surface area contributed by atoms with Crippen LogP contribution in [0.4, 0.5) is 5.69 Å². The molecule has 0 aromatic heterocycles. The van der Waals surface area contributed by atoms with Crippen molar-refractivity contribution in [2.24, 2.45) is 9.98 Å². The molecule has 0 spiro atoms. The quantitative estimate of drug-likeness (QED) is 0.830. The first-order valence-corrected chi connectivity index (χ1v) is 8.73. The zero-order valence-electron chi connectivity index (χ0n) is 15.5. The minimum Gasteiger partial charge on any atom is -0.507 e. The third-order valence-corrected chi connectivity index (χ3v) is 4.67. The standard InChI is InChI=1S/C21H18N4O3/c1-27-18-9-15-16(10-19(18)28-2)24-20(25-8-7-23-21(15)25)11-17(26)14-5-3-13(12-22)4-6-14/h3-6,9-11,26H,7-8H2,1-2H3/b17-11-. The Morgan fingerprint density at radius 2 is 1.89 bits per heavy atom. The molecule has 2 aromatic rings. The van der Waals surface area contributed by atoms with Crippen LogP contribution in [0.5, 0.6) is 11.5 Å². The Balaban J connectivity index is 1.78. The van der Waals surface area contributed by atoms with Gasteiger partial charge < -0.3 is 19.5 Å². The predicted molar refractivity (Wildman–Crippen MR) is 107 cm³/mol. The summed E-state index contributed by atoms with van der Waals surface area (Å²) in [6.45, 7) is 1.33. The Morgan fingerprint density at radius 1 is 1.18 bits per heavy atom. The second-order valence-electron chi connectivity index (χ2n) is 6.27. The molecule has 0 aliphatic carbocycles. The molecular formula is C21H18N4O3. The van der Waals surface area contributed by atoms with E-state index in [-0.39, 0.29) is 5.76 Å². The Bertz CT molecular complexity index is 1060. The average Bonchev–Trinajstić information content (AvgIpc) is 3.23. The van der Waals surface area contributed by atoms with E-state index in [9.17, 15) is 5.11 Å². The smallest absolute Gasteiger partial charge is 0.162 e. The molecule has 7 heteroatoms. The fourth-order valence-corrected chi connectivity index (χ4v) is 3.26. The lowest BCUT2D eigenvalue weighted by molar-refractivity contribution is 0.355. The second kappa shape index (κ2) is 7.08. The van der Waals surface area contributed by atoms with Gasteiger partial charge in [-0.05, 0) is 30.3 Å². The van der Waals surface area contributed by atoms with Gasteiger partial charge in [0.1, 0.15) is 17.4 Å². The maximum absolute atomic E-state index is 10.6. The van der Waals surface area contributed by atoms with E-state index in [1.807, 2.05) is 11.0 Å². The first-order chi connectivity index (χ1) is 13.6. The molecule has 0 fully saturated rings. The topological polar surface area (TPSA) is 90.4 Å². The Morgan fingerprint density at radius 3 is 2.57 bits per heavy atom. The van der Waals surface area contributed by atoms with Gasteiger partial charge in [0.15, 0.2) is 11.5 Å². The van der Waals surface area contributed by atoms with E-state index in [1.165, 1.54) is 0 Å². The molecule has 7 nitrogen and oxygen atoms in total. The van der Waals surface area contributed by atoms with Crippen LogP contribution in [0.3, 0.4) is 0 Å². The highest BCUT2D eigenvalue weighted by molar-refractivity contribution is 6.20. The van der Waals surface area contributed by atoms with E-state index in [0.717, 1.165) is 11.4 Å². The molecule has 0 atom stereocenters. The number of hydrogen-bond acceptors (Lipinski definition) is 7. The number of hydrogen-bond donors (Lipinski definition) is 1. The van der Waals surface area contributed by atoms with Gasteiger partial charge in [-0.25, -0.2) is 4.99 Å². The number of aliphatic hydroxyl groups excluding tert-OH is 1. The van der Waals surface area contributed by atoms with Crippen molar-refractivity contribution < 1.29 is 14.6 Å². The van der Waals surface area contributed by atoms with E-state index < -0.39 is 0 Å². The second-order valence-corrected chi connectivity index (χ2v) is 6.27. The average molecular weight is 374 g/mol. The summed E-state index contributed by atoms with van der Waals surface area (Å²) in [5.41, 5.74) is 2.71. The molecule has 2 aliphatic heterocycles. The first kappa shape index (κ1) is 17.6. The van der Waals surface area contributed by atoms with Gasteiger partial charge in [0.25, 0.3) is 0 Å². The predicted octanol–water partition coefficient (Wildman–Crippen LogP) is 3.28. The van der Waals surface area contributed by atoms with Crippen molar-refractivity contribution in [2.75, 3.05) is 27.3 Å². The van der Waals surface area contributed by atoms with E-state index in [4.69, 9.17) is 19.7 Å². The highest BCUT2D eigenvalue weighted by Crippen LogP contribution is 2.38. The molecule has 2 heterocycles. The molecule has 0 saturated carbocycles. The van der Waals surface area contributed by atoms with Gasteiger partial charge in [0.2, 0.25) is 0 Å². The van der Waals surface area contributed by atoms with Crippen LogP contribution in [0.1, 0.15) is 16.7 Å². The van der Waals surface area contributed by atoms with Crippen molar-refractivity contribution in [1.82, 2.24) is 4.90 Å². The zero-order chi connectivity index (χ0) is 19.7. The van der Waals surface area contributed by atoms with Gasteiger partial charge in [-0.1, -0.05) is 0 Å². The molecule has 28 heavy (non-hydrogen) atoms. The number of amidine groups is 2. The molecule has 0 radical (unpaired) electrons. The number of nitrogens with zero attached hydrogens (tertiary/aromatic N) is 4. The lowest BCUT2D eigenvalue weighted by atomic mass is 10.1. The minimum absolute atomic E-state index is 0.0680.